The van der Waals surface area contributed by atoms with Crippen LogP contribution in [-0.2, 0) is 16.0 Å². The van der Waals surface area contributed by atoms with E-state index in [4.69, 9.17) is 16.3 Å². The van der Waals surface area contributed by atoms with E-state index in [-0.39, 0.29) is 12.2 Å². The quantitative estimate of drug-likeness (QED) is 0.782. The molecule has 0 N–H and O–H groups in total. The third-order valence-corrected chi connectivity index (χ3v) is 2.71. The minimum Gasteiger partial charge on any atom is -0.371 e. The Hall–Kier alpha value is -0.930. The predicted molar refractivity (Wildman–Crippen MR) is 65.8 cm³/mol. The minimum absolute atomic E-state index is 0.0187. The van der Waals surface area contributed by atoms with E-state index >= 15 is 0 Å². The van der Waals surface area contributed by atoms with Gasteiger partial charge in [0.2, 0.25) is 0 Å². The topological polar surface area (TPSA) is 26.3 Å². The molecule has 0 spiro atoms. The van der Waals surface area contributed by atoms with E-state index < -0.39 is 11.9 Å². The highest BCUT2D eigenvalue weighted by atomic mass is 35.5. The Morgan fingerprint density at radius 3 is 2.76 bits per heavy atom. The fourth-order valence-electron chi connectivity index (χ4n) is 1.62. The van der Waals surface area contributed by atoms with Crippen LogP contribution in [0.4, 0.5) is 4.39 Å². The Morgan fingerprint density at radius 2 is 2.18 bits per heavy atom. The first-order valence-electron chi connectivity index (χ1n) is 5.66. The van der Waals surface area contributed by atoms with Crippen LogP contribution in [0.25, 0.3) is 0 Å². The lowest BCUT2D eigenvalue weighted by molar-refractivity contribution is -0.129. The first-order valence-corrected chi connectivity index (χ1v) is 6.04. The van der Waals surface area contributed by atoms with Crippen molar-refractivity contribution in [1.82, 2.24) is 0 Å². The highest BCUT2D eigenvalue weighted by Crippen LogP contribution is 2.16. The normalized spacial score (nSPS) is 12.5. The zero-order valence-electron chi connectivity index (χ0n) is 10.0. The molecule has 0 saturated heterocycles. The van der Waals surface area contributed by atoms with Gasteiger partial charge in [0, 0.05) is 18.1 Å². The summed E-state index contributed by atoms with van der Waals surface area (Å²) in [6.07, 6.45) is 0.151. The van der Waals surface area contributed by atoms with Crippen molar-refractivity contribution in [1.29, 1.82) is 0 Å². The molecule has 4 heteroatoms. The van der Waals surface area contributed by atoms with Crippen molar-refractivity contribution in [3.8, 4) is 0 Å². The second kappa shape index (κ2) is 6.72. The van der Waals surface area contributed by atoms with Crippen molar-refractivity contribution in [3.63, 3.8) is 0 Å². The Kier molecular flexibility index (Phi) is 5.59. The highest BCUT2D eigenvalue weighted by molar-refractivity contribution is 6.30. The molecule has 94 valence electrons. The SMILES string of the molecule is CCOC(CC)C(=O)Cc1cc(Cl)ccc1F. The monoisotopic (exact) mass is 258 g/mol. The van der Waals surface area contributed by atoms with Gasteiger partial charge >= 0.3 is 0 Å². The van der Waals surface area contributed by atoms with Crippen LogP contribution in [0.5, 0.6) is 0 Å². The summed E-state index contributed by atoms with van der Waals surface area (Å²) >= 11 is 5.77. The number of Topliss-reactive ketones (excluding diaryl/α,β-unsaturated/α-hetero) is 1. The third kappa shape index (κ3) is 4.10. The van der Waals surface area contributed by atoms with E-state index in [0.717, 1.165) is 0 Å². The number of benzene rings is 1. The number of hydrogen-bond acceptors (Lipinski definition) is 2. The zero-order valence-corrected chi connectivity index (χ0v) is 10.8. The zero-order chi connectivity index (χ0) is 12.8. The standard InChI is InChI=1S/C13H16ClFO2/c1-3-13(17-4-2)12(16)8-9-7-10(14)5-6-11(9)15/h5-7,13H,3-4,8H2,1-2H3. The first kappa shape index (κ1) is 14.1. The van der Waals surface area contributed by atoms with Crippen molar-refractivity contribution in [2.24, 2.45) is 0 Å². The molecule has 0 aliphatic carbocycles. The molecule has 0 radical (unpaired) electrons. The molecule has 0 aliphatic heterocycles. The minimum atomic E-state index is -0.460. The maximum atomic E-state index is 13.4. The molecule has 1 rings (SSSR count). The number of carbonyl (C=O) groups excluding carboxylic acids is 1. The van der Waals surface area contributed by atoms with Crippen LogP contribution < -0.4 is 0 Å². The molecule has 0 aliphatic rings. The van der Waals surface area contributed by atoms with Gasteiger partial charge in [-0.25, -0.2) is 4.39 Å². The molecular weight excluding hydrogens is 243 g/mol. The van der Waals surface area contributed by atoms with E-state index in [1.165, 1.54) is 18.2 Å². The van der Waals surface area contributed by atoms with Crippen LogP contribution in [0.3, 0.4) is 0 Å². The van der Waals surface area contributed by atoms with Crippen LogP contribution in [0.2, 0.25) is 5.02 Å². The van der Waals surface area contributed by atoms with E-state index in [1.54, 1.807) is 0 Å². The third-order valence-electron chi connectivity index (χ3n) is 2.47. The van der Waals surface area contributed by atoms with Gasteiger partial charge in [-0.05, 0) is 37.1 Å². The Morgan fingerprint density at radius 1 is 1.47 bits per heavy atom. The van der Waals surface area contributed by atoms with Gasteiger partial charge in [-0.2, -0.15) is 0 Å². The maximum Gasteiger partial charge on any atom is 0.165 e. The van der Waals surface area contributed by atoms with E-state index in [2.05, 4.69) is 0 Å². The van der Waals surface area contributed by atoms with Gasteiger partial charge in [-0.15, -0.1) is 0 Å². The van der Waals surface area contributed by atoms with Gasteiger partial charge in [0.15, 0.2) is 5.78 Å². The average molecular weight is 259 g/mol. The molecule has 0 aromatic heterocycles. The summed E-state index contributed by atoms with van der Waals surface area (Å²) in [6, 6.07) is 4.21. The lowest BCUT2D eigenvalue weighted by Crippen LogP contribution is -2.25. The van der Waals surface area contributed by atoms with Crippen molar-refractivity contribution in [3.05, 3.63) is 34.6 Å². The number of carbonyl (C=O) groups is 1. The van der Waals surface area contributed by atoms with E-state index in [1.807, 2.05) is 13.8 Å². The summed E-state index contributed by atoms with van der Waals surface area (Å²) in [6.45, 7) is 4.17. The lowest BCUT2D eigenvalue weighted by atomic mass is 10.0. The van der Waals surface area contributed by atoms with Gasteiger partial charge in [0.1, 0.15) is 11.9 Å². The van der Waals surface area contributed by atoms with Crippen LogP contribution >= 0.6 is 11.6 Å². The number of ether oxygens (including phenoxy) is 1. The second-order valence-corrected chi connectivity index (χ2v) is 4.17. The Labute approximate surface area is 106 Å². The number of halogens is 2. The molecule has 0 heterocycles. The highest BCUT2D eigenvalue weighted by Gasteiger charge is 2.18. The van der Waals surface area contributed by atoms with Crippen molar-refractivity contribution < 1.29 is 13.9 Å². The van der Waals surface area contributed by atoms with E-state index in [0.29, 0.717) is 23.6 Å². The molecule has 0 bridgehead atoms. The van der Waals surface area contributed by atoms with Gasteiger partial charge in [0.05, 0.1) is 0 Å². The number of ketones is 1. The van der Waals surface area contributed by atoms with Gasteiger partial charge < -0.3 is 4.74 Å². The van der Waals surface area contributed by atoms with Crippen molar-refractivity contribution in [2.75, 3.05) is 6.61 Å². The fourth-order valence-corrected chi connectivity index (χ4v) is 1.81. The van der Waals surface area contributed by atoms with Crippen LogP contribution in [-0.4, -0.2) is 18.5 Å². The molecule has 1 aromatic carbocycles. The van der Waals surface area contributed by atoms with Crippen LogP contribution in [0.15, 0.2) is 18.2 Å². The second-order valence-electron chi connectivity index (χ2n) is 3.73. The Bertz CT molecular complexity index is 393. The molecular formula is C13H16ClFO2. The molecule has 2 nitrogen and oxygen atoms in total. The summed E-state index contributed by atoms with van der Waals surface area (Å²) < 4.78 is 18.7. The first-order chi connectivity index (χ1) is 8.08. The summed E-state index contributed by atoms with van der Waals surface area (Å²) in [4.78, 5) is 11.9. The molecule has 17 heavy (non-hydrogen) atoms. The van der Waals surface area contributed by atoms with Gasteiger partial charge in [-0.1, -0.05) is 18.5 Å². The Balaban J connectivity index is 2.76. The molecule has 0 fully saturated rings. The smallest absolute Gasteiger partial charge is 0.165 e. The summed E-state index contributed by atoms with van der Waals surface area (Å²) in [5, 5.41) is 0.429. The maximum absolute atomic E-state index is 13.4. The molecule has 1 atom stereocenters. The van der Waals surface area contributed by atoms with Crippen molar-refractivity contribution >= 4 is 17.4 Å². The molecule has 1 unspecified atom stereocenters. The summed E-state index contributed by atoms with van der Waals surface area (Å²) in [5.74, 6) is -0.524. The predicted octanol–water partition coefficient (Wildman–Crippen LogP) is 3.41. The molecule has 0 saturated carbocycles. The van der Waals surface area contributed by atoms with Crippen LogP contribution in [0, 0.1) is 5.82 Å². The molecule has 1 aromatic rings. The number of hydrogen-bond donors (Lipinski definition) is 0. The van der Waals surface area contributed by atoms with Crippen molar-refractivity contribution in [2.45, 2.75) is 32.8 Å². The van der Waals surface area contributed by atoms with E-state index in [9.17, 15) is 9.18 Å². The lowest BCUT2D eigenvalue weighted by Gasteiger charge is -2.13. The number of rotatable bonds is 6. The van der Waals surface area contributed by atoms with Crippen LogP contribution in [0.1, 0.15) is 25.8 Å². The fraction of sp³-hybridized carbons (Fsp3) is 0.462. The average Bonchev–Trinajstić information content (AvgIpc) is 2.30. The van der Waals surface area contributed by atoms with Gasteiger partial charge in [0.25, 0.3) is 0 Å². The molecule has 0 amide bonds. The summed E-state index contributed by atoms with van der Waals surface area (Å²) in [7, 11) is 0. The largest absolute Gasteiger partial charge is 0.371 e. The van der Waals surface area contributed by atoms with Gasteiger partial charge in [-0.3, -0.25) is 4.79 Å². The summed E-state index contributed by atoms with van der Waals surface area (Å²) in [5.41, 5.74) is 0.320.